The summed E-state index contributed by atoms with van der Waals surface area (Å²) in [6.45, 7) is 2.36. The molecule has 6 atom stereocenters. The SMILES string of the molecule is CCCCP1C2=Cc3ccccc3[CH]2[Ti+2][CH]2C3C=CC=CC3CC21.[F-].[F-]. The summed E-state index contributed by atoms with van der Waals surface area (Å²) in [5.41, 5.74) is 4.28. The van der Waals surface area contributed by atoms with E-state index in [-0.39, 0.29) is 36.5 Å². The third kappa shape index (κ3) is 3.13. The van der Waals surface area contributed by atoms with Crippen molar-refractivity contribution in [3.8, 4) is 0 Å². The van der Waals surface area contributed by atoms with E-state index in [1.807, 2.05) is 5.31 Å². The minimum Gasteiger partial charge on any atom is -1.00 e. The van der Waals surface area contributed by atoms with Crippen LogP contribution in [0.15, 0.2) is 53.9 Å². The maximum atomic E-state index is 2.63. The van der Waals surface area contributed by atoms with Gasteiger partial charge in [-0.15, -0.1) is 0 Å². The van der Waals surface area contributed by atoms with Crippen molar-refractivity contribution in [2.75, 3.05) is 6.16 Å². The van der Waals surface area contributed by atoms with Crippen molar-refractivity contribution < 1.29 is 28.6 Å². The van der Waals surface area contributed by atoms with E-state index in [1.54, 1.807) is 11.1 Å². The van der Waals surface area contributed by atoms with Gasteiger partial charge in [0, 0.05) is 0 Å². The van der Waals surface area contributed by atoms with Gasteiger partial charge in [0.25, 0.3) is 0 Å². The molecule has 1 saturated carbocycles. The maximum absolute atomic E-state index is 2.63. The van der Waals surface area contributed by atoms with Crippen LogP contribution in [0.5, 0.6) is 0 Å². The summed E-state index contributed by atoms with van der Waals surface area (Å²) in [7, 11) is 0.0829. The van der Waals surface area contributed by atoms with Crippen LogP contribution in [0.25, 0.3) is 6.08 Å². The molecule has 1 aliphatic heterocycles. The predicted molar refractivity (Wildman–Crippen MR) is 101 cm³/mol. The van der Waals surface area contributed by atoms with Crippen LogP contribution in [0.1, 0.15) is 41.5 Å². The Balaban J connectivity index is 0.000000980. The molecule has 3 aliphatic carbocycles. The minimum absolute atomic E-state index is 0. The number of halogens is 2. The zero-order chi connectivity index (χ0) is 16.1. The van der Waals surface area contributed by atoms with Crippen LogP contribution in [-0.2, 0) is 19.2 Å². The molecule has 2 fully saturated rings. The van der Waals surface area contributed by atoms with E-state index in [2.05, 4.69) is 61.6 Å². The molecule has 6 unspecified atom stereocenters. The van der Waals surface area contributed by atoms with Crippen LogP contribution in [0.2, 0.25) is 4.22 Å². The van der Waals surface area contributed by atoms with E-state index in [0.717, 1.165) is 25.9 Å². The van der Waals surface area contributed by atoms with Crippen molar-refractivity contribution >= 4 is 14.0 Å². The van der Waals surface area contributed by atoms with Gasteiger partial charge in [0.15, 0.2) is 0 Å². The average Bonchev–Trinajstić information content (AvgIpc) is 3.17. The second-order valence-corrected chi connectivity index (χ2v) is 12.7. The molecule has 0 spiro atoms. The van der Waals surface area contributed by atoms with E-state index in [4.69, 9.17) is 0 Å². The fourth-order valence-corrected chi connectivity index (χ4v) is 14.2. The van der Waals surface area contributed by atoms with Gasteiger partial charge in [0.05, 0.1) is 0 Å². The molecule has 1 aromatic rings. The van der Waals surface area contributed by atoms with E-state index in [0.29, 0.717) is 0 Å². The van der Waals surface area contributed by atoms with E-state index >= 15 is 0 Å². The second kappa shape index (κ2) is 8.21. The molecule has 0 radical (unpaired) electrons. The number of fused-ring (bicyclic) bond motifs is 6. The van der Waals surface area contributed by atoms with Crippen molar-refractivity contribution in [3.05, 3.63) is 65.0 Å². The summed E-state index contributed by atoms with van der Waals surface area (Å²) in [6.07, 6.45) is 18.1. The topological polar surface area (TPSA) is 0 Å². The molecule has 1 saturated heterocycles. The van der Waals surface area contributed by atoms with Crippen LogP contribution >= 0.6 is 7.92 Å². The van der Waals surface area contributed by atoms with Gasteiger partial charge in [-0.05, 0) is 0 Å². The van der Waals surface area contributed by atoms with Crippen LogP contribution in [0.3, 0.4) is 0 Å². The summed E-state index contributed by atoms with van der Waals surface area (Å²) < 4.78 is 1.91. The molecule has 1 aromatic carbocycles. The third-order valence-corrected chi connectivity index (χ3v) is 13.7. The first-order valence-electron chi connectivity index (χ1n) is 9.55. The zero-order valence-electron chi connectivity index (χ0n) is 15.1. The van der Waals surface area contributed by atoms with Gasteiger partial charge in [0.2, 0.25) is 0 Å². The van der Waals surface area contributed by atoms with E-state index in [1.165, 1.54) is 25.4 Å². The number of hydrogen-bond acceptors (Lipinski definition) is 0. The Kier molecular flexibility index (Phi) is 6.38. The molecule has 0 nitrogen and oxygen atoms in total. The quantitative estimate of drug-likeness (QED) is 0.504. The van der Waals surface area contributed by atoms with Gasteiger partial charge in [-0.1, -0.05) is 0 Å². The standard InChI is InChI=1S/C22H25P.2FH.Ti/c1-2-3-12-23(21-13-17-8-4-5-9-18(17)14-21)22-15-19-10-6-7-11-20(19)16-22;;;/h4-11,13-15,19-20,22H,2-3,12,16H2,1H3;2*1H;/q;;;+2/p-2. The average molecular weight is 406 g/mol. The van der Waals surface area contributed by atoms with Gasteiger partial charge in [0.1, 0.15) is 0 Å². The van der Waals surface area contributed by atoms with Gasteiger partial charge in [-0.2, -0.15) is 0 Å². The van der Waals surface area contributed by atoms with Gasteiger partial charge in [-0.3, -0.25) is 0 Å². The van der Waals surface area contributed by atoms with Crippen molar-refractivity contribution in [3.63, 3.8) is 0 Å². The predicted octanol–water partition coefficient (Wildman–Crippen LogP) is 0.388. The first kappa shape index (κ1) is 20.2. The summed E-state index contributed by atoms with van der Waals surface area (Å²) >= 11 is 0.0500. The van der Waals surface area contributed by atoms with Crippen molar-refractivity contribution in [1.82, 2.24) is 0 Å². The molecule has 0 bridgehead atoms. The molecule has 26 heavy (non-hydrogen) atoms. The Labute approximate surface area is 165 Å². The first-order chi connectivity index (χ1) is 11.9. The first-order valence-corrected chi connectivity index (χ1v) is 12.9. The molecule has 4 heteroatoms. The molecular formula is C22H25F2PTi. The largest absolute Gasteiger partial charge is 1.00 e. The number of rotatable bonds is 3. The number of benzene rings is 1. The number of allylic oxidation sites excluding steroid dienone is 5. The van der Waals surface area contributed by atoms with Crippen molar-refractivity contribution in [2.24, 2.45) is 11.8 Å². The maximum Gasteiger partial charge on any atom is -1.00 e. The molecule has 0 aromatic heterocycles. The third-order valence-electron chi connectivity index (χ3n) is 6.39. The monoisotopic (exact) mass is 406 g/mol. The summed E-state index contributed by atoms with van der Waals surface area (Å²) in [5, 5.41) is 1.91. The fraction of sp³-hybridized carbons (Fsp3) is 0.455. The van der Waals surface area contributed by atoms with E-state index in [9.17, 15) is 0 Å². The second-order valence-electron chi connectivity index (χ2n) is 7.68. The molecule has 1 heterocycles. The van der Waals surface area contributed by atoms with Gasteiger partial charge in [-0.25, -0.2) is 0 Å². The Morgan fingerprint density at radius 2 is 1.92 bits per heavy atom. The Morgan fingerprint density at radius 3 is 2.77 bits per heavy atom. The normalized spacial score (nSPS) is 34.7. The fourth-order valence-electron chi connectivity index (χ4n) is 5.26. The van der Waals surface area contributed by atoms with E-state index < -0.39 is 0 Å². The van der Waals surface area contributed by atoms with Crippen molar-refractivity contribution in [2.45, 2.75) is 40.3 Å². The summed E-state index contributed by atoms with van der Waals surface area (Å²) in [4.78, 5) is 0. The van der Waals surface area contributed by atoms with Gasteiger partial charge >= 0.3 is 156 Å². The van der Waals surface area contributed by atoms with Crippen molar-refractivity contribution in [1.29, 1.82) is 0 Å². The summed E-state index contributed by atoms with van der Waals surface area (Å²) in [5.74, 6) is 1.73. The number of unbranched alkanes of at least 4 members (excludes halogenated alkanes) is 1. The molecule has 5 rings (SSSR count). The molecule has 4 aliphatic rings. The van der Waals surface area contributed by atoms with Crippen LogP contribution in [-0.4, -0.2) is 11.8 Å². The Morgan fingerprint density at radius 1 is 1.12 bits per heavy atom. The van der Waals surface area contributed by atoms with Crippen LogP contribution < -0.4 is 9.41 Å². The zero-order valence-corrected chi connectivity index (χ0v) is 17.6. The Hall–Kier alpha value is -0.556. The Bertz CT molecular complexity index is 741. The minimum atomic E-state index is 0. The smallest absolute Gasteiger partial charge is 1.00 e. The summed E-state index contributed by atoms with van der Waals surface area (Å²) in [6, 6.07) is 9.29. The van der Waals surface area contributed by atoms with Gasteiger partial charge < -0.3 is 9.41 Å². The molecular weight excluding hydrogens is 381 g/mol. The molecule has 0 amide bonds. The number of hydrogen-bond donors (Lipinski definition) is 0. The molecule has 0 N–H and O–H groups in total. The van der Waals surface area contributed by atoms with Crippen LogP contribution in [0, 0.1) is 11.8 Å². The van der Waals surface area contributed by atoms with Crippen LogP contribution in [0.4, 0.5) is 0 Å². The molecule has 136 valence electrons.